The third-order valence-corrected chi connectivity index (χ3v) is 8.64. The zero-order valence-corrected chi connectivity index (χ0v) is 25.0. The van der Waals surface area contributed by atoms with Crippen molar-refractivity contribution in [3.05, 3.63) is 70.1 Å². The number of amides is 1. The number of aryl methyl sites for hydroxylation is 1. The zero-order chi connectivity index (χ0) is 28.2. The van der Waals surface area contributed by atoms with Gasteiger partial charge in [-0.05, 0) is 85.8 Å². The normalized spacial score (nSPS) is 18.6. The van der Waals surface area contributed by atoms with Gasteiger partial charge < -0.3 is 15.0 Å². The molecule has 1 heterocycles. The van der Waals surface area contributed by atoms with Gasteiger partial charge in [0.2, 0.25) is 5.91 Å². The van der Waals surface area contributed by atoms with Crippen LogP contribution in [0.5, 0.6) is 5.75 Å². The molecule has 0 unspecified atom stereocenters. The molecule has 0 spiro atoms. The summed E-state index contributed by atoms with van der Waals surface area (Å²) in [5.74, 6) is 1.79. The van der Waals surface area contributed by atoms with E-state index in [0.29, 0.717) is 22.4 Å². The van der Waals surface area contributed by atoms with Gasteiger partial charge in [0.15, 0.2) is 0 Å². The molecular formula is C32H41Cl2N3O2. The smallest absolute Gasteiger partial charge is 0.223 e. The molecule has 0 radical (unpaired) electrons. The van der Waals surface area contributed by atoms with Gasteiger partial charge in [0.05, 0.1) is 16.8 Å². The average molecular weight is 571 g/mol. The first-order valence-electron chi connectivity index (χ1n) is 14.2. The molecule has 1 atom stereocenters. The highest BCUT2D eigenvalue weighted by molar-refractivity contribution is 6.36. The van der Waals surface area contributed by atoms with Crippen LogP contribution in [0.15, 0.2) is 48.7 Å². The molecule has 39 heavy (non-hydrogen) atoms. The van der Waals surface area contributed by atoms with E-state index in [2.05, 4.69) is 37.6 Å². The van der Waals surface area contributed by atoms with Crippen LogP contribution in [0.4, 0.5) is 0 Å². The van der Waals surface area contributed by atoms with Crippen molar-refractivity contribution in [3.63, 3.8) is 0 Å². The van der Waals surface area contributed by atoms with Crippen LogP contribution >= 0.6 is 23.2 Å². The van der Waals surface area contributed by atoms with Crippen molar-refractivity contribution < 1.29 is 9.90 Å². The molecule has 210 valence electrons. The molecular weight excluding hydrogens is 529 g/mol. The first-order valence-corrected chi connectivity index (χ1v) is 14.9. The molecule has 1 fully saturated rings. The molecule has 1 amide bonds. The van der Waals surface area contributed by atoms with Crippen LogP contribution in [0.3, 0.4) is 0 Å². The fourth-order valence-corrected chi connectivity index (χ4v) is 6.13. The summed E-state index contributed by atoms with van der Waals surface area (Å²) in [6.07, 6.45) is 8.62. The van der Waals surface area contributed by atoms with Crippen LogP contribution < -0.4 is 5.32 Å². The lowest BCUT2D eigenvalue weighted by Gasteiger charge is -2.36. The van der Waals surface area contributed by atoms with Crippen molar-refractivity contribution in [1.29, 1.82) is 0 Å². The monoisotopic (exact) mass is 569 g/mol. The maximum absolute atomic E-state index is 13.7. The predicted octanol–water partition coefficient (Wildman–Crippen LogP) is 8.62. The molecule has 1 aliphatic carbocycles. The number of phenolic OH excluding ortho intramolecular Hbond substituents is 1. The van der Waals surface area contributed by atoms with Crippen molar-refractivity contribution in [2.75, 3.05) is 0 Å². The summed E-state index contributed by atoms with van der Waals surface area (Å²) in [6, 6.07) is 12.3. The van der Waals surface area contributed by atoms with Gasteiger partial charge in [-0.3, -0.25) is 4.79 Å². The Hall–Kier alpha value is -2.50. The van der Waals surface area contributed by atoms with Crippen LogP contribution in [-0.2, 0) is 17.8 Å². The Balaban J connectivity index is 1.65. The van der Waals surface area contributed by atoms with E-state index in [4.69, 9.17) is 28.2 Å². The Morgan fingerprint density at radius 1 is 1.10 bits per heavy atom. The van der Waals surface area contributed by atoms with Crippen molar-refractivity contribution in [2.24, 2.45) is 17.3 Å². The second-order valence-corrected chi connectivity index (χ2v) is 12.8. The van der Waals surface area contributed by atoms with Gasteiger partial charge in [0.25, 0.3) is 0 Å². The molecule has 4 rings (SSSR count). The summed E-state index contributed by atoms with van der Waals surface area (Å²) in [5.41, 5.74) is 2.86. The molecule has 2 N–H and O–H groups in total. The van der Waals surface area contributed by atoms with Crippen molar-refractivity contribution in [1.82, 2.24) is 14.9 Å². The molecule has 2 aromatic carbocycles. The number of hydrogen-bond acceptors (Lipinski definition) is 3. The number of halogens is 2. The van der Waals surface area contributed by atoms with E-state index in [0.717, 1.165) is 67.7 Å². The summed E-state index contributed by atoms with van der Waals surface area (Å²) < 4.78 is 2.16. The highest BCUT2D eigenvalue weighted by atomic mass is 35.5. The molecule has 0 aliphatic heterocycles. The van der Waals surface area contributed by atoms with Gasteiger partial charge >= 0.3 is 0 Å². The Labute approximate surface area is 242 Å². The zero-order valence-electron chi connectivity index (χ0n) is 23.5. The van der Waals surface area contributed by atoms with Crippen LogP contribution in [0.1, 0.15) is 83.6 Å². The third kappa shape index (κ3) is 7.58. The van der Waals surface area contributed by atoms with Crippen molar-refractivity contribution in [3.8, 4) is 17.0 Å². The van der Waals surface area contributed by atoms with Gasteiger partial charge in [-0.1, -0.05) is 69.5 Å². The molecule has 7 heteroatoms. The number of nitrogens with one attached hydrogen (secondary N) is 1. The number of hydrogen-bond donors (Lipinski definition) is 2. The van der Waals surface area contributed by atoms with Crippen LogP contribution in [-0.4, -0.2) is 20.6 Å². The fourth-order valence-electron chi connectivity index (χ4n) is 5.63. The topological polar surface area (TPSA) is 67.2 Å². The minimum Gasteiger partial charge on any atom is -0.508 e. The average Bonchev–Trinajstić information content (AvgIpc) is 3.31. The summed E-state index contributed by atoms with van der Waals surface area (Å²) in [6.45, 7) is 9.85. The van der Waals surface area contributed by atoms with E-state index >= 15 is 0 Å². The number of aromatic nitrogens is 2. The summed E-state index contributed by atoms with van der Waals surface area (Å²) in [5, 5.41) is 14.3. The number of rotatable bonds is 9. The Morgan fingerprint density at radius 3 is 2.41 bits per heavy atom. The van der Waals surface area contributed by atoms with E-state index in [9.17, 15) is 9.90 Å². The largest absolute Gasteiger partial charge is 0.508 e. The van der Waals surface area contributed by atoms with E-state index < -0.39 is 0 Å². The highest BCUT2D eigenvalue weighted by Gasteiger charge is 2.33. The second-order valence-electron chi connectivity index (χ2n) is 12.0. The molecule has 3 aromatic rings. The number of carbonyl (C=O) groups is 1. The fraction of sp³-hybridized carbons (Fsp3) is 0.500. The van der Waals surface area contributed by atoms with Crippen molar-refractivity contribution >= 4 is 29.1 Å². The number of aromatic hydroxyl groups is 1. The minimum atomic E-state index is -0.320. The van der Waals surface area contributed by atoms with Gasteiger partial charge in [-0.25, -0.2) is 4.98 Å². The second kappa shape index (κ2) is 12.8. The van der Waals surface area contributed by atoms with Gasteiger partial charge in [0, 0.05) is 29.2 Å². The maximum atomic E-state index is 13.7. The van der Waals surface area contributed by atoms with Crippen LogP contribution in [0.2, 0.25) is 10.0 Å². The number of benzene rings is 2. The lowest BCUT2D eigenvalue weighted by Crippen LogP contribution is -2.38. The van der Waals surface area contributed by atoms with E-state index in [1.165, 1.54) is 0 Å². The molecule has 0 saturated heterocycles. The van der Waals surface area contributed by atoms with E-state index in [-0.39, 0.29) is 29.0 Å². The molecule has 5 nitrogen and oxygen atoms in total. The van der Waals surface area contributed by atoms with Crippen LogP contribution in [0, 0.1) is 17.3 Å². The maximum Gasteiger partial charge on any atom is 0.223 e. The number of imidazole rings is 1. The molecule has 1 aromatic heterocycles. The van der Waals surface area contributed by atoms with Gasteiger partial charge in [0.1, 0.15) is 11.6 Å². The molecule has 1 aliphatic rings. The van der Waals surface area contributed by atoms with E-state index in [1.54, 1.807) is 18.2 Å². The van der Waals surface area contributed by atoms with E-state index in [1.807, 2.05) is 30.5 Å². The minimum absolute atomic E-state index is 0.00940. The Morgan fingerprint density at radius 2 is 1.79 bits per heavy atom. The SMILES string of the molecule is CCCCn1cc(-c2ccc(Cl)cc2Cl)nc1[C@H](Cc1ccc(O)cc1)NC(=O)C1CCC(C(C)(C)C)CC1. The lowest BCUT2D eigenvalue weighted by molar-refractivity contribution is -0.127. The number of nitrogens with zero attached hydrogens (tertiary/aromatic N) is 2. The third-order valence-electron chi connectivity index (χ3n) is 8.09. The summed E-state index contributed by atoms with van der Waals surface area (Å²) in [7, 11) is 0. The lowest BCUT2D eigenvalue weighted by atomic mass is 9.69. The quantitative estimate of drug-likeness (QED) is 0.271. The Bertz CT molecular complexity index is 1260. The molecule has 0 bridgehead atoms. The van der Waals surface area contributed by atoms with Crippen LogP contribution in [0.25, 0.3) is 11.3 Å². The number of carbonyl (C=O) groups excluding carboxylic acids is 1. The number of phenols is 1. The van der Waals surface area contributed by atoms with Crippen molar-refractivity contribution in [2.45, 2.75) is 85.2 Å². The predicted molar refractivity (Wildman–Crippen MR) is 160 cm³/mol. The highest BCUT2D eigenvalue weighted by Crippen LogP contribution is 2.40. The number of unbranched alkanes of at least 4 members (excludes halogenated alkanes) is 1. The standard InChI is InChI=1S/C32H41Cl2N3O2/c1-5-6-17-37-20-29(26-16-13-24(33)19-27(26)34)35-30(37)28(18-21-7-14-25(38)15-8-21)36-31(39)22-9-11-23(12-10-22)32(2,3)4/h7-8,13-16,19-20,22-23,28,38H,5-6,9-12,17-18H2,1-4H3,(H,36,39)/t22?,23?,28-/m0/s1. The first-order chi connectivity index (χ1) is 18.5. The van der Waals surface area contributed by atoms with Gasteiger partial charge in [-0.15, -0.1) is 0 Å². The van der Waals surface area contributed by atoms with Gasteiger partial charge in [-0.2, -0.15) is 0 Å². The molecule has 1 saturated carbocycles. The first kappa shape index (κ1) is 29.5. The summed E-state index contributed by atoms with van der Waals surface area (Å²) in [4.78, 5) is 18.7. The summed E-state index contributed by atoms with van der Waals surface area (Å²) >= 11 is 12.7. The Kier molecular flexibility index (Phi) is 9.66.